The maximum atomic E-state index is 11.4. The molecule has 9 heteroatoms. The highest BCUT2D eigenvalue weighted by atomic mass is 31.2. The van der Waals surface area contributed by atoms with Gasteiger partial charge in [0, 0.05) is 13.1 Å². The Hall–Kier alpha value is -0.520. The zero-order chi connectivity index (χ0) is 15.7. The van der Waals surface area contributed by atoms with E-state index in [-0.39, 0.29) is 19.0 Å². The Kier molecular flexibility index (Phi) is 5.06. The van der Waals surface area contributed by atoms with Gasteiger partial charge in [0.2, 0.25) is 5.52 Å². The van der Waals surface area contributed by atoms with Crippen molar-refractivity contribution >= 4 is 15.2 Å². The van der Waals surface area contributed by atoms with Crippen LogP contribution in [0.25, 0.3) is 0 Å². The van der Waals surface area contributed by atoms with Crippen LogP contribution in [0.15, 0.2) is 30.3 Å². The van der Waals surface area contributed by atoms with Gasteiger partial charge in [-0.3, -0.25) is 14.0 Å². The monoisotopic (exact) mass is 335 g/mol. The van der Waals surface area contributed by atoms with Crippen molar-refractivity contribution in [1.29, 1.82) is 0 Å². The third-order valence-electron chi connectivity index (χ3n) is 3.73. The summed E-state index contributed by atoms with van der Waals surface area (Å²) < 4.78 is 22.8. The lowest BCUT2D eigenvalue weighted by atomic mass is 9.90. The second-order valence-corrected chi connectivity index (χ2v) is 8.99. The van der Waals surface area contributed by atoms with Crippen molar-refractivity contribution < 1.29 is 28.7 Å². The van der Waals surface area contributed by atoms with Gasteiger partial charge in [-0.1, -0.05) is 30.3 Å². The van der Waals surface area contributed by atoms with E-state index in [0.717, 1.165) is 5.56 Å². The summed E-state index contributed by atoms with van der Waals surface area (Å²) >= 11 is 0. The molecule has 0 spiro atoms. The minimum atomic E-state index is -4.89. The second-order valence-electron chi connectivity index (χ2n) is 5.25. The molecule has 0 radical (unpaired) electrons. The van der Waals surface area contributed by atoms with Crippen LogP contribution in [0.5, 0.6) is 0 Å². The van der Waals surface area contributed by atoms with Crippen LogP contribution in [0.1, 0.15) is 24.3 Å². The fraction of sp³-hybridized carbons (Fsp3) is 0.500. The zero-order valence-electron chi connectivity index (χ0n) is 11.3. The average Bonchev–Trinajstić information content (AvgIpc) is 2.37. The molecule has 1 aromatic rings. The molecule has 118 valence electrons. The predicted octanol–water partition coefficient (Wildman–Crippen LogP) is 1.50. The molecule has 0 bridgehead atoms. The molecule has 0 unspecified atom stereocenters. The van der Waals surface area contributed by atoms with Gasteiger partial charge in [-0.05, 0) is 24.3 Å². The number of benzene rings is 1. The highest BCUT2D eigenvalue weighted by Gasteiger charge is 2.48. The third kappa shape index (κ3) is 4.24. The van der Waals surface area contributed by atoms with Gasteiger partial charge in [-0.25, -0.2) is 0 Å². The van der Waals surface area contributed by atoms with Gasteiger partial charge >= 0.3 is 15.2 Å². The Morgan fingerprint density at radius 2 is 1.43 bits per heavy atom. The van der Waals surface area contributed by atoms with Crippen LogP contribution in [0.3, 0.4) is 0 Å². The Morgan fingerprint density at radius 3 is 1.86 bits per heavy atom. The lowest BCUT2D eigenvalue weighted by molar-refractivity contribution is 0.185. The highest BCUT2D eigenvalue weighted by Crippen LogP contribution is 2.61. The summed E-state index contributed by atoms with van der Waals surface area (Å²) in [6.45, 7) is 0.501. The summed E-state index contributed by atoms with van der Waals surface area (Å²) in [6.07, 6.45) is 1.22. The SMILES string of the molecule is O=P(O)(O)C(N1CCC(c2ccccc2)CC1)P(=O)(O)O. The number of likely N-dealkylation sites (tertiary alicyclic amines) is 1. The standard InChI is InChI=1S/C12H19NO6P2/c14-20(15,16)12(21(17,18)19)13-8-6-11(7-9-13)10-4-2-1-3-5-10/h1-5,11-12H,6-9H2,(H2,14,15,16)(H2,17,18,19). The van der Waals surface area contributed by atoms with Gasteiger partial charge in [0.15, 0.2) is 0 Å². The van der Waals surface area contributed by atoms with Crippen molar-refractivity contribution in [1.82, 2.24) is 4.90 Å². The van der Waals surface area contributed by atoms with Crippen LogP contribution in [-0.2, 0) is 9.13 Å². The molecule has 1 fully saturated rings. The number of hydrogen-bond acceptors (Lipinski definition) is 3. The fourth-order valence-electron chi connectivity index (χ4n) is 2.81. The van der Waals surface area contributed by atoms with Crippen LogP contribution in [0.2, 0.25) is 0 Å². The molecule has 0 saturated carbocycles. The maximum absolute atomic E-state index is 11.4. The van der Waals surface area contributed by atoms with E-state index < -0.39 is 20.7 Å². The number of nitrogens with zero attached hydrogens (tertiary/aromatic N) is 1. The molecule has 1 saturated heterocycles. The summed E-state index contributed by atoms with van der Waals surface area (Å²) in [6, 6.07) is 9.75. The van der Waals surface area contributed by atoms with Gasteiger partial charge in [0.25, 0.3) is 0 Å². The summed E-state index contributed by atoms with van der Waals surface area (Å²) in [5.41, 5.74) is -0.886. The van der Waals surface area contributed by atoms with Crippen molar-refractivity contribution in [2.24, 2.45) is 0 Å². The quantitative estimate of drug-likeness (QED) is 0.616. The van der Waals surface area contributed by atoms with Crippen molar-refractivity contribution in [3.63, 3.8) is 0 Å². The molecule has 0 atom stereocenters. The van der Waals surface area contributed by atoms with E-state index in [1.807, 2.05) is 30.3 Å². The molecule has 1 aromatic carbocycles. The van der Waals surface area contributed by atoms with E-state index in [0.29, 0.717) is 12.8 Å². The third-order valence-corrected chi connectivity index (χ3v) is 7.39. The van der Waals surface area contributed by atoms with Crippen molar-refractivity contribution in [3.05, 3.63) is 35.9 Å². The zero-order valence-corrected chi connectivity index (χ0v) is 13.1. The summed E-state index contributed by atoms with van der Waals surface area (Å²) in [5, 5.41) is 0. The maximum Gasteiger partial charge on any atom is 0.354 e. The molecule has 2 rings (SSSR count). The normalized spacial score (nSPS) is 19.1. The number of piperidine rings is 1. The molecule has 7 nitrogen and oxygen atoms in total. The van der Waals surface area contributed by atoms with Crippen LogP contribution >= 0.6 is 15.2 Å². The van der Waals surface area contributed by atoms with Crippen molar-refractivity contribution in [2.45, 2.75) is 24.3 Å². The van der Waals surface area contributed by atoms with Crippen LogP contribution in [0, 0.1) is 0 Å². The van der Waals surface area contributed by atoms with E-state index in [1.54, 1.807) is 0 Å². The summed E-state index contributed by atoms with van der Waals surface area (Å²) in [7, 11) is -9.79. The van der Waals surface area contributed by atoms with Gasteiger partial charge in [-0.15, -0.1) is 0 Å². The van der Waals surface area contributed by atoms with Crippen molar-refractivity contribution in [2.75, 3.05) is 13.1 Å². The number of rotatable bonds is 4. The van der Waals surface area contributed by atoms with E-state index in [4.69, 9.17) is 0 Å². The van der Waals surface area contributed by atoms with E-state index in [9.17, 15) is 28.7 Å². The fourth-order valence-corrected chi connectivity index (χ4v) is 5.69. The van der Waals surface area contributed by atoms with Gasteiger partial charge < -0.3 is 19.6 Å². The van der Waals surface area contributed by atoms with Crippen LogP contribution in [0.4, 0.5) is 0 Å². The predicted molar refractivity (Wildman–Crippen MR) is 77.9 cm³/mol. The minimum absolute atomic E-state index is 0.247. The first-order chi connectivity index (χ1) is 9.69. The molecule has 4 N–H and O–H groups in total. The summed E-state index contributed by atoms with van der Waals surface area (Å²) in [5.74, 6) is 0.247. The first-order valence-electron chi connectivity index (χ1n) is 6.59. The van der Waals surface area contributed by atoms with Crippen LogP contribution < -0.4 is 0 Å². The molecule has 1 heterocycles. The molecule has 1 aliphatic heterocycles. The van der Waals surface area contributed by atoms with E-state index in [1.165, 1.54) is 4.90 Å². The lowest BCUT2D eigenvalue weighted by Gasteiger charge is -2.37. The molecule has 0 amide bonds. The molecule has 0 aromatic heterocycles. The Balaban J connectivity index is 2.09. The van der Waals surface area contributed by atoms with Crippen molar-refractivity contribution in [3.8, 4) is 0 Å². The molecule has 1 aliphatic rings. The molecule has 21 heavy (non-hydrogen) atoms. The average molecular weight is 335 g/mol. The van der Waals surface area contributed by atoms with Gasteiger partial charge in [-0.2, -0.15) is 0 Å². The minimum Gasteiger partial charge on any atom is -0.323 e. The van der Waals surface area contributed by atoms with Gasteiger partial charge in [0.1, 0.15) is 0 Å². The summed E-state index contributed by atoms with van der Waals surface area (Å²) in [4.78, 5) is 38.1. The van der Waals surface area contributed by atoms with Gasteiger partial charge in [0.05, 0.1) is 0 Å². The molecular weight excluding hydrogens is 316 g/mol. The molecule has 0 aliphatic carbocycles. The van der Waals surface area contributed by atoms with Crippen LogP contribution in [-0.4, -0.2) is 43.1 Å². The Labute approximate surface area is 122 Å². The number of hydrogen-bond donors (Lipinski definition) is 4. The highest BCUT2D eigenvalue weighted by molar-refractivity contribution is 7.70. The Bertz CT molecular complexity index is 538. The molecular formula is C12H19NO6P2. The smallest absolute Gasteiger partial charge is 0.323 e. The topological polar surface area (TPSA) is 118 Å². The first kappa shape index (κ1) is 16.8. The first-order valence-corrected chi connectivity index (χ1v) is 9.95. The lowest BCUT2D eigenvalue weighted by Crippen LogP contribution is -2.40. The second kappa shape index (κ2) is 6.31. The Morgan fingerprint density at radius 1 is 0.952 bits per heavy atom. The largest absolute Gasteiger partial charge is 0.354 e. The van der Waals surface area contributed by atoms with E-state index >= 15 is 0 Å². The van der Waals surface area contributed by atoms with E-state index in [2.05, 4.69) is 0 Å².